The van der Waals surface area contributed by atoms with E-state index in [0.717, 1.165) is 5.56 Å². The first-order valence-corrected chi connectivity index (χ1v) is 13.1. The quantitative estimate of drug-likeness (QED) is 0.168. The summed E-state index contributed by atoms with van der Waals surface area (Å²) < 4.78 is 11.5. The van der Waals surface area contributed by atoms with Crippen molar-refractivity contribution in [3.63, 3.8) is 0 Å². The van der Waals surface area contributed by atoms with E-state index in [1.54, 1.807) is 36.4 Å². The Hall–Kier alpha value is -3.89. The first-order valence-electron chi connectivity index (χ1n) is 11.9. The molecular weight excluding hydrogens is 588 g/mol. The van der Waals surface area contributed by atoms with Crippen molar-refractivity contribution in [3.05, 3.63) is 86.8 Å². The number of amides is 3. The van der Waals surface area contributed by atoms with E-state index in [4.69, 9.17) is 21.1 Å². The first-order chi connectivity index (χ1) is 18.7. The Bertz CT molecular complexity index is 1350. The van der Waals surface area contributed by atoms with Gasteiger partial charge in [0, 0.05) is 17.3 Å². The number of nitrogens with one attached hydrogen (secondary N) is 3. The molecule has 11 heteroatoms. The maximum absolute atomic E-state index is 12.3. The zero-order valence-electron chi connectivity index (χ0n) is 21.6. The normalized spacial score (nSPS) is 10.8. The van der Waals surface area contributed by atoms with Gasteiger partial charge in [-0.15, -0.1) is 0 Å². The van der Waals surface area contributed by atoms with E-state index >= 15 is 0 Å². The van der Waals surface area contributed by atoms with E-state index in [2.05, 4.69) is 50.9 Å². The van der Waals surface area contributed by atoms with Gasteiger partial charge in [0.15, 0.2) is 18.1 Å². The maximum Gasteiger partial charge on any atom is 0.329 e. The third-order valence-corrected chi connectivity index (χ3v) is 6.25. The number of hydrogen-bond acceptors (Lipinski definition) is 6. The Morgan fingerprint density at radius 1 is 1.03 bits per heavy atom. The van der Waals surface area contributed by atoms with Gasteiger partial charge in [0.25, 0.3) is 5.91 Å². The summed E-state index contributed by atoms with van der Waals surface area (Å²) in [5.74, 6) is -1.02. The van der Waals surface area contributed by atoms with Gasteiger partial charge in [-0.1, -0.05) is 49.7 Å². The van der Waals surface area contributed by atoms with E-state index in [1.807, 2.05) is 24.3 Å². The largest absolute Gasteiger partial charge is 0.493 e. The van der Waals surface area contributed by atoms with Crippen LogP contribution in [-0.2, 0) is 20.9 Å². The topological polar surface area (TPSA) is 118 Å². The van der Waals surface area contributed by atoms with Crippen molar-refractivity contribution in [3.8, 4) is 11.5 Å². The minimum atomic E-state index is -0.900. The van der Waals surface area contributed by atoms with Crippen LogP contribution in [0.2, 0.25) is 5.02 Å². The van der Waals surface area contributed by atoms with Gasteiger partial charge in [-0.3, -0.25) is 14.4 Å². The van der Waals surface area contributed by atoms with Gasteiger partial charge in [-0.25, -0.2) is 5.43 Å². The van der Waals surface area contributed by atoms with Crippen molar-refractivity contribution in [2.24, 2.45) is 5.10 Å². The molecule has 39 heavy (non-hydrogen) atoms. The van der Waals surface area contributed by atoms with Gasteiger partial charge in [-0.05, 0) is 74.9 Å². The molecule has 0 saturated heterocycles. The molecule has 0 heterocycles. The number of carbonyl (C=O) groups is 3. The lowest BCUT2D eigenvalue weighted by Crippen LogP contribution is -2.37. The number of carbonyl (C=O) groups excluding carboxylic acids is 3. The van der Waals surface area contributed by atoms with E-state index in [9.17, 15) is 14.4 Å². The van der Waals surface area contributed by atoms with Crippen LogP contribution in [0.1, 0.15) is 36.5 Å². The molecule has 0 bridgehead atoms. The molecule has 0 atom stereocenters. The van der Waals surface area contributed by atoms with Gasteiger partial charge in [0.05, 0.1) is 17.8 Å². The van der Waals surface area contributed by atoms with E-state index < -0.39 is 11.8 Å². The molecule has 3 aromatic carbocycles. The summed E-state index contributed by atoms with van der Waals surface area (Å²) in [6, 6.07) is 17.8. The average Bonchev–Trinajstić information content (AvgIpc) is 2.92. The molecule has 0 spiro atoms. The van der Waals surface area contributed by atoms with Gasteiger partial charge < -0.3 is 20.1 Å². The Balaban J connectivity index is 1.52. The van der Waals surface area contributed by atoms with E-state index in [1.165, 1.54) is 18.9 Å². The van der Waals surface area contributed by atoms with Crippen molar-refractivity contribution in [1.82, 2.24) is 10.7 Å². The molecule has 0 saturated carbocycles. The lowest BCUT2D eigenvalue weighted by atomic mass is 10.0. The van der Waals surface area contributed by atoms with Crippen LogP contribution in [0, 0.1) is 0 Å². The predicted molar refractivity (Wildman–Crippen MR) is 154 cm³/mol. The van der Waals surface area contributed by atoms with Crippen LogP contribution in [0.15, 0.2) is 70.2 Å². The van der Waals surface area contributed by atoms with Gasteiger partial charge in [0.2, 0.25) is 0 Å². The van der Waals surface area contributed by atoms with Crippen molar-refractivity contribution < 1.29 is 23.9 Å². The third-order valence-electron chi connectivity index (χ3n) is 5.41. The number of ether oxygens (including phenoxy) is 2. The molecule has 3 amide bonds. The van der Waals surface area contributed by atoms with Crippen molar-refractivity contribution >= 4 is 57.2 Å². The molecule has 0 aromatic heterocycles. The molecule has 3 rings (SSSR count). The van der Waals surface area contributed by atoms with E-state index in [-0.39, 0.29) is 19.1 Å². The zero-order chi connectivity index (χ0) is 28.4. The van der Waals surface area contributed by atoms with Gasteiger partial charge in [0.1, 0.15) is 0 Å². The molecule has 0 radical (unpaired) electrons. The molecule has 204 valence electrons. The second kappa shape index (κ2) is 14.3. The molecule has 3 aromatic rings. The summed E-state index contributed by atoms with van der Waals surface area (Å²) in [4.78, 5) is 36.5. The van der Waals surface area contributed by atoms with Crippen molar-refractivity contribution in [2.45, 2.75) is 26.3 Å². The monoisotopic (exact) mass is 614 g/mol. The highest BCUT2D eigenvalue weighted by Crippen LogP contribution is 2.36. The summed E-state index contributed by atoms with van der Waals surface area (Å²) in [7, 11) is 1.45. The van der Waals surface area contributed by atoms with Gasteiger partial charge in [-0.2, -0.15) is 5.10 Å². The molecule has 9 nitrogen and oxygen atoms in total. The highest BCUT2D eigenvalue weighted by atomic mass is 79.9. The number of nitrogens with zero attached hydrogens (tertiary/aromatic N) is 1. The second-order valence-electron chi connectivity index (χ2n) is 8.66. The molecule has 0 aliphatic rings. The molecule has 0 aliphatic heterocycles. The summed E-state index contributed by atoms with van der Waals surface area (Å²) in [5.41, 5.74) is 5.40. The predicted octanol–water partition coefficient (Wildman–Crippen LogP) is 5.02. The number of anilines is 1. The highest BCUT2D eigenvalue weighted by Gasteiger charge is 2.15. The molecule has 0 aliphatic carbocycles. The fraction of sp³-hybridized carbons (Fsp3) is 0.214. The fourth-order valence-electron chi connectivity index (χ4n) is 3.32. The minimum Gasteiger partial charge on any atom is -0.493 e. The molecule has 3 N–H and O–H groups in total. The number of hydrogen-bond donors (Lipinski definition) is 3. The first kappa shape index (κ1) is 29.7. The smallest absolute Gasteiger partial charge is 0.329 e. The highest BCUT2D eigenvalue weighted by molar-refractivity contribution is 9.10. The lowest BCUT2D eigenvalue weighted by Gasteiger charge is -2.13. The Morgan fingerprint density at radius 2 is 1.72 bits per heavy atom. The van der Waals surface area contributed by atoms with Crippen LogP contribution < -0.4 is 25.5 Å². The van der Waals surface area contributed by atoms with Crippen molar-refractivity contribution in [1.29, 1.82) is 0 Å². The van der Waals surface area contributed by atoms with Crippen LogP contribution in [-0.4, -0.2) is 37.7 Å². The van der Waals surface area contributed by atoms with Gasteiger partial charge >= 0.3 is 11.8 Å². The molecule has 0 fully saturated rings. The summed E-state index contributed by atoms with van der Waals surface area (Å²) >= 11 is 9.25. The Kier molecular flexibility index (Phi) is 10.9. The zero-order valence-corrected chi connectivity index (χ0v) is 23.9. The number of methoxy groups -OCH3 is 1. The SMILES string of the molecule is COc1cc(/C=N\NC(=O)C(=O)NCc2ccc(C(C)C)cc2)cc(Br)c1OCC(=O)Nc1ccc(Cl)cc1. The standard InChI is InChI=1S/C28H28BrClN4O5/c1-17(2)20-6-4-18(5-7-20)14-31-27(36)28(37)34-32-15-19-12-23(29)26(24(13-19)38-3)39-16-25(35)33-22-10-8-21(30)9-11-22/h4-13,15,17H,14,16H2,1-3H3,(H,31,36)(H,33,35)(H,34,37)/b32-15-. The lowest BCUT2D eigenvalue weighted by molar-refractivity contribution is -0.139. The van der Waals surface area contributed by atoms with Crippen LogP contribution in [0.4, 0.5) is 5.69 Å². The minimum absolute atomic E-state index is 0.220. The fourth-order valence-corrected chi connectivity index (χ4v) is 4.02. The summed E-state index contributed by atoms with van der Waals surface area (Å²) in [6.07, 6.45) is 1.35. The van der Waals surface area contributed by atoms with Crippen LogP contribution in [0.5, 0.6) is 11.5 Å². The number of benzene rings is 3. The summed E-state index contributed by atoms with van der Waals surface area (Å²) in [5, 5.41) is 9.68. The van der Waals surface area contributed by atoms with Crippen LogP contribution >= 0.6 is 27.5 Å². The van der Waals surface area contributed by atoms with Crippen LogP contribution in [0.3, 0.4) is 0 Å². The average molecular weight is 616 g/mol. The molecule has 0 unspecified atom stereocenters. The number of hydrazone groups is 1. The van der Waals surface area contributed by atoms with E-state index in [0.29, 0.717) is 38.2 Å². The van der Waals surface area contributed by atoms with Crippen LogP contribution in [0.25, 0.3) is 0 Å². The third kappa shape index (κ3) is 9.12. The Labute approximate surface area is 240 Å². The Morgan fingerprint density at radius 3 is 2.36 bits per heavy atom. The summed E-state index contributed by atoms with van der Waals surface area (Å²) in [6.45, 7) is 4.16. The number of halogens is 2. The second-order valence-corrected chi connectivity index (χ2v) is 9.95. The number of rotatable bonds is 10. The maximum atomic E-state index is 12.3. The van der Waals surface area contributed by atoms with Crippen molar-refractivity contribution in [2.75, 3.05) is 19.0 Å². The molecular formula is C28H28BrClN4O5.